The maximum Gasteiger partial charge on any atom is 0.339 e. The van der Waals surface area contributed by atoms with Crippen molar-refractivity contribution < 1.29 is 30.0 Å². The molecule has 6 heteroatoms. The normalized spacial score (nSPS) is 11.1. The molecule has 0 spiro atoms. The monoisotopic (exact) mass is 480 g/mol. The van der Waals surface area contributed by atoms with Crippen molar-refractivity contribution in [1.82, 2.24) is 0 Å². The summed E-state index contributed by atoms with van der Waals surface area (Å²) in [6, 6.07) is 12.4. The molecule has 4 N–H and O–H groups in total. The molecule has 3 aromatic rings. The zero-order chi connectivity index (χ0) is 25.2. The van der Waals surface area contributed by atoms with Gasteiger partial charge >= 0.3 is 5.97 Å². The molecule has 0 unspecified atom stereocenters. The second-order valence-electron chi connectivity index (χ2n) is 9.09. The Bertz CT molecular complexity index is 1140. The highest BCUT2D eigenvalue weighted by Crippen LogP contribution is 2.33. The van der Waals surface area contributed by atoms with Crippen LogP contribution in [0, 0.1) is 0 Å². The smallest absolute Gasteiger partial charge is 0.339 e. The number of carbonyl (C=O) groups is 1. The van der Waals surface area contributed by atoms with Crippen LogP contribution >= 0.6 is 0 Å². The molecular weight excluding hydrogens is 444 g/mol. The van der Waals surface area contributed by atoms with E-state index >= 15 is 0 Å². The fraction of sp³-hybridized carbons (Fsp3) is 0.414. The lowest BCUT2D eigenvalue weighted by atomic mass is 10.0. The van der Waals surface area contributed by atoms with Gasteiger partial charge in [0.15, 0.2) is 11.5 Å². The van der Waals surface area contributed by atoms with Gasteiger partial charge in [0.25, 0.3) is 0 Å². The molecule has 0 bridgehead atoms. The van der Waals surface area contributed by atoms with Crippen LogP contribution < -0.4 is 4.74 Å². The number of hydrogen-bond donors (Lipinski definition) is 4. The van der Waals surface area contributed by atoms with Gasteiger partial charge in [-0.2, -0.15) is 0 Å². The topological polar surface area (TPSA) is 107 Å². The molecule has 0 saturated heterocycles. The van der Waals surface area contributed by atoms with Crippen LogP contribution in [0.15, 0.2) is 42.5 Å². The van der Waals surface area contributed by atoms with Gasteiger partial charge in [-0.05, 0) is 66.3 Å². The maximum absolute atomic E-state index is 11.2. The van der Waals surface area contributed by atoms with Crippen molar-refractivity contribution in [3.8, 4) is 23.0 Å². The van der Waals surface area contributed by atoms with Crippen LogP contribution in [0.5, 0.6) is 23.0 Å². The lowest BCUT2D eigenvalue weighted by Crippen LogP contribution is -2.04. The maximum atomic E-state index is 11.2. The van der Waals surface area contributed by atoms with E-state index in [0.717, 1.165) is 49.3 Å². The van der Waals surface area contributed by atoms with Crippen LogP contribution in [-0.2, 0) is 12.8 Å². The second kappa shape index (κ2) is 12.9. The summed E-state index contributed by atoms with van der Waals surface area (Å²) in [7, 11) is 0. The Kier molecular flexibility index (Phi) is 9.65. The highest BCUT2D eigenvalue weighted by Gasteiger charge is 2.17. The third-order valence-corrected chi connectivity index (χ3v) is 6.34. The number of benzene rings is 3. The molecule has 0 heterocycles. The van der Waals surface area contributed by atoms with Gasteiger partial charge in [0.1, 0.15) is 17.1 Å². The highest BCUT2D eigenvalue weighted by molar-refractivity contribution is 5.91. The Morgan fingerprint density at radius 2 is 1.43 bits per heavy atom. The predicted octanol–water partition coefficient (Wildman–Crippen LogP) is 6.96. The van der Waals surface area contributed by atoms with E-state index in [-0.39, 0.29) is 22.8 Å². The Hall–Kier alpha value is -3.41. The van der Waals surface area contributed by atoms with Crippen LogP contribution in [0.3, 0.4) is 0 Å². The van der Waals surface area contributed by atoms with Crippen molar-refractivity contribution in [2.24, 2.45) is 0 Å². The molecule has 0 aromatic heterocycles. The van der Waals surface area contributed by atoms with Gasteiger partial charge in [0, 0.05) is 5.56 Å². The number of carboxylic acid groups (broad SMARTS) is 1. The number of hydrogen-bond acceptors (Lipinski definition) is 5. The Labute approximate surface area is 206 Å². The summed E-state index contributed by atoms with van der Waals surface area (Å²) in [4.78, 5) is 11.2. The summed E-state index contributed by atoms with van der Waals surface area (Å²) >= 11 is 0. The number of carboxylic acids is 1. The van der Waals surface area contributed by atoms with E-state index in [9.17, 15) is 25.2 Å². The fourth-order valence-corrected chi connectivity index (χ4v) is 4.39. The van der Waals surface area contributed by atoms with E-state index in [4.69, 9.17) is 4.74 Å². The SMILES string of the molecule is CCCc1c(OCCCCCCCCCc2ccc3cc(O)c(O)cc3c2)ccc(C(=O)O)c1O. The minimum atomic E-state index is -1.13. The predicted molar refractivity (Wildman–Crippen MR) is 138 cm³/mol. The zero-order valence-electron chi connectivity index (χ0n) is 20.4. The standard InChI is InChI=1S/C29H36O6/c1-2-10-23-27(15-14-24(28(23)32)29(33)34)35-16-9-7-5-3-4-6-8-11-20-12-13-21-18-25(30)26(31)19-22(21)17-20/h12-15,17-19,30-32H,2-11,16H2,1H3,(H,33,34). The van der Waals surface area contributed by atoms with Crippen LogP contribution in [-0.4, -0.2) is 33.0 Å². The van der Waals surface area contributed by atoms with Gasteiger partial charge in [0.05, 0.1) is 6.61 Å². The summed E-state index contributed by atoms with van der Waals surface area (Å²) < 4.78 is 5.86. The molecule has 0 aliphatic carbocycles. The van der Waals surface area contributed by atoms with Crippen molar-refractivity contribution in [1.29, 1.82) is 0 Å². The number of aromatic hydroxyl groups is 3. The van der Waals surface area contributed by atoms with E-state index in [1.807, 2.05) is 13.0 Å². The average molecular weight is 481 g/mol. The molecule has 0 atom stereocenters. The summed E-state index contributed by atoms with van der Waals surface area (Å²) in [5.41, 5.74) is 1.74. The summed E-state index contributed by atoms with van der Waals surface area (Å²) in [5, 5.41) is 40.6. The number of phenols is 3. The van der Waals surface area contributed by atoms with Gasteiger partial charge in [0.2, 0.25) is 0 Å². The number of aromatic carboxylic acids is 1. The molecule has 0 fully saturated rings. The summed E-state index contributed by atoms with van der Waals surface area (Å²) in [6.07, 6.45) is 10.2. The summed E-state index contributed by atoms with van der Waals surface area (Å²) in [5.74, 6) is -0.916. The Morgan fingerprint density at radius 1 is 0.771 bits per heavy atom. The lowest BCUT2D eigenvalue weighted by Gasteiger charge is -2.14. The van der Waals surface area contributed by atoms with E-state index in [1.165, 1.54) is 30.9 Å². The van der Waals surface area contributed by atoms with Crippen LogP contribution in [0.4, 0.5) is 0 Å². The van der Waals surface area contributed by atoms with Gasteiger partial charge in [-0.3, -0.25) is 0 Å². The third-order valence-electron chi connectivity index (χ3n) is 6.34. The van der Waals surface area contributed by atoms with Gasteiger partial charge < -0.3 is 25.2 Å². The van der Waals surface area contributed by atoms with Crippen molar-refractivity contribution in [3.05, 3.63) is 59.2 Å². The first-order valence-corrected chi connectivity index (χ1v) is 12.6. The number of phenolic OH excluding ortho intramolecular Hbond substituents is 2. The van der Waals surface area contributed by atoms with Gasteiger partial charge in [-0.25, -0.2) is 4.79 Å². The van der Waals surface area contributed by atoms with Gasteiger partial charge in [-0.1, -0.05) is 63.6 Å². The first-order chi connectivity index (χ1) is 16.9. The lowest BCUT2D eigenvalue weighted by molar-refractivity contribution is 0.0693. The molecule has 3 aromatic carbocycles. The number of ether oxygens (including phenoxy) is 1. The van der Waals surface area contributed by atoms with Crippen LogP contribution in [0.2, 0.25) is 0 Å². The second-order valence-corrected chi connectivity index (χ2v) is 9.09. The van der Waals surface area contributed by atoms with Crippen molar-refractivity contribution >= 4 is 16.7 Å². The minimum absolute atomic E-state index is 0.0824. The van der Waals surface area contributed by atoms with Crippen LogP contribution in [0.25, 0.3) is 10.8 Å². The molecule has 0 aliphatic rings. The quantitative estimate of drug-likeness (QED) is 0.147. The molecule has 0 radical (unpaired) electrons. The van der Waals surface area contributed by atoms with E-state index in [2.05, 4.69) is 12.1 Å². The molecule has 35 heavy (non-hydrogen) atoms. The average Bonchev–Trinajstić information content (AvgIpc) is 2.83. The molecule has 3 rings (SSSR count). The molecule has 0 amide bonds. The van der Waals surface area contributed by atoms with Crippen molar-refractivity contribution in [3.63, 3.8) is 0 Å². The highest BCUT2D eigenvalue weighted by atomic mass is 16.5. The minimum Gasteiger partial charge on any atom is -0.507 e. The van der Waals surface area contributed by atoms with Crippen molar-refractivity contribution in [2.75, 3.05) is 6.61 Å². The number of aryl methyl sites for hydroxylation is 1. The Balaban J connectivity index is 1.31. The molecular formula is C29H36O6. The number of rotatable bonds is 14. The largest absolute Gasteiger partial charge is 0.507 e. The number of unbranched alkanes of at least 4 members (excludes halogenated alkanes) is 6. The van der Waals surface area contributed by atoms with E-state index in [0.29, 0.717) is 24.3 Å². The fourth-order valence-electron chi connectivity index (χ4n) is 4.39. The summed E-state index contributed by atoms with van der Waals surface area (Å²) in [6.45, 7) is 2.54. The van der Waals surface area contributed by atoms with E-state index in [1.54, 1.807) is 18.2 Å². The van der Waals surface area contributed by atoms with Crippen molar-refractivity contribution in [2.45, 2.75) is 71.1 Å². The number of fused-ring (bicyclic) bond motifs is 1. The van der Waals surface area contributed by atoms with Gasteiger partial charge in [-0.15, -0.1) is 0 Å². The molecule has 188 valence electrons. The van der Waals surface area contributed by atoms with E-state index < -0.39 is 5.97 Å². The first-order valence-electron chi connectivity index (χ1n) is 12.6. The Morgan fingerprint density at radius 3 is 2.11 bits per heavy atom. The third kappa shape index (κ3) is 7.28. The molecule has 6 nitrogen and oxygen atoms in total. The molecule has 0 saturated carbocycles. The molecule has 0 aliphatic heterocycles. The van der Waals surface area contributed by atoms with Crippen LogP contribution in [0.1, 0.15) is 79.8 Å². The zero-order valence-corrected chi connectivity index (χ0v) is 20.4. The first kappa shape index (κ1) is 26.2.